The number of amides is 1. The summed E-state index contributed by atoms with van der Waals surface area (Å²) in [7, 11) is 0. The van der Waals surface area contributed by atoms with E-state index in [1.54, 1.807) is 16.7 Å². The highest BCUT2D eigenvalue weighted by atomic mass is 32.2. The highest BCUT2D eigenvalue weighted by Crippen LogP contribution is 2.25. The second kappa shape index (κ2) is 6.28. The minimum Gasteiger partial charge on any atom is -0.481 e. The van der Waals surface area contributed by atoms with Crippen LogP contribution in [0.5, 0.6) is 0 Å². The van der Waals surface area contributed by atoms with Gasteiger partial charge in [0.05, 0.1) is 5.92 Å². The van der Waals surface area contributed by atoms with Crippen LogP contribution in [0.25, 0.3) is 0 Å². The summed E-state index contributed by atoms with van der Waals surface area (Å²) in [4.78, 5) is 25.0. The maximum Gasteiger partial charge on any atom is 0.308 e. The van der Waals surface area contributed by atoms with Crippen LogP contribution in [0.4, 0.5) is 0 Å². The summed E-state index contributed by atoms with van der Waals surface area (Å²) in [6.45, 7) is 4.46. The van der Waals surface area contributed by atoms with Crippen molar-refractivity contribution in [2.75, 3.05) is 18.6 Å². The first-order valence-corrected chi connectivity index (χ1v) is 7.40. The molecule has 1 heterocycles. The second-order valence-corrected chi connectivity index (χ2v) is 5.63. The van der Waals surface area contributed by atoms with Crippen molar-refractivity contribution < 1.29 is 14.7 Å². The van der Waals surface area contributed by atoms with E-state index in [0.29, 0.717) is 13.0 Å². The quantitative estimate of drug-likeness (QED) is 0.835. The van der Waals surface area contributed by atoms with Crippen molar-refractivity contribution in [3.8, 4) is 0 Å². The van der Waals surface area contributed by atoms with Gasteiger partial charge in [-0.3, -0.25) is 9.59 Å². The molecule has 0 spiro atoms. The number of carboxylic acids is 1. The summed E-state index contributed by atoms with van der Waals surface area (Å²) in [6.07, 6.45) is 3.44. The Kier molecular flexibility index (Phi) is 5.31. The van der Waals surface area contributed by atoms with Crippen LogP contribution in [0.1, 0.15) is 26.7 Å². The maximum absolute atomic E-state index is 12.2. The average molecular weight is 259 g/mol. The van der Waals surface area contributed by atoms with Gasteiger partial charge in [0.2, 0.25) is 5.91 Å². The van der Waals surface area contributed by atoms with E-state index in [4.69, 9.17) is 5.11 Å². The van der Waals surface area contributed by atoms with Gasteiger partial charge in [-0.15, -0.1) is 0 Å². The second-order valence-electron chi connectivity index (χ2n) is 4.72. The molecule has 5 heteroatoms. The number of hydrogen-bond donors (Lipinski definition) is 1. The fraction of sp³-hybridized carbons (Fsp3) is 0.833. The van der Waals surface area contributed by atoms with Gasteiger partial charge in [0, 0.05) is 24.3 Å². The number of thioether (sulfide) groups is 1. The molecule has 3 atom stereocenters. The van der Waals surface area contributed by atoms with Crippen molar-refractivity contribution in [3.05, 3.63) is 0 Å². The van der Waals surface area contributed by atoms with E-state index in [1.165, 1.54) is 0 Å². The van der Waals surface area contributed by atoms with Crippen molar-refractivity contribution in [1.29, 1.82) is 0 Å². The van der Waals surface area contributed by atoms with Crippen molar-refractivity contribution >= 4 is 23.6 Å². The summed E-state index contributed by atoms with van der Waals surface area (Å²) in [6, 6.07) is -0.182. The van der Waals surface area contributed by atoms with Crippen LogP contribution in [0.3, 0.4) is 0 Å². The van der Waals surface area contributed by atoms with Gasteiger partial charge in [-0.1, -0.05) is 6.92 Å². The molecule has 0 bridgehead atoms. The molecule has 17 heavy (non-hydrogen) atoms. The number of rotatable bonds is 4. The highest BCUT2D eigenvalue weighted by molar-refractivity contribution is 7.98. The lowest BCUT2D eigenvalue weighted by molar-refractivity contribution is -0.150. The number of piperidine rings is 1. The van der Waals surface area contributed by atoms with E-state index in [9.17, 15) is 9.59 Å². The molecule has 1 unspecified atom stereocenters. The largest absolute Gasteiger partial charge is 0.481 e. The minimum absolute atomic E-state index is 0.0278. The van der Waals surface area contributed by atoms with E-state index in [2.05, 4.69) is 0 Å². The van der Waals surface area contributed by atoms with Crippen LogP contribution in [-0.4, -0.2) is 46.5 Å². The summed E-state index contributed by atoms with van der Waals surface area (Å²) in [5.41, 5.74) is 0. The summed E-state index contributed by atoms with van der Waals surface area (Å²) < 4.78 is 0. The number of carbonyl (C=O) groups excluding carboxylic acids is 1. The van der Waals surface area contributed by atoms with Gasteiger partial charge in [0.15, 0.2) is 0 Å². The van der Waals surface area contributed by atoms with Gasteiger partial charge in [-0.2, -0.15) is 11.8 Å². The lowest BCUT2D eigenvalue weighted by atomic mass is 9.89. The van der Waals surface area contributed by atoms with E-state index >= 15 is 0 Å². The number of likely N-dealkylation sites (tertiary alicyclic amines) is 1. The molecule has 4 nitrogen and oxygen atoms in total. The predicted octanol–water partition coefficient (Wildman–Crippen LogP) is 1.70. The zero-order valence-corrected chi connectivity index (χ0v) is 11.5. The third-order valence-corrected chi connectivity index (χ3v) is 4.26. The Morgan fingerprint density at radius 1 is 1.53 bits per heavy atom. The fourth-order valence-electron chi connectivity index (χ4n) is 2.39. The van der Waals surface area contributed by atoms with Gasteiger partial charge in [-0.05, 0) is 26.0 Å². The number of aliphatic carboxylic acids is 1. The van der Waals surface area contributed by atoms with E-state index in [1.807, 2.05) is 20.1 Å². The van der Waals surface area contributed by atoms with Crippen molar-refractivity contribution in [1.82, 2.24) is 4.90 Å². The Balaban J connectivity index is 2.69. The molecule has 0 radical (unpaired) electrons. The topological polar surface area (TPSA) is 57.6 Å². The van der Waals surface area contributed by atoms with Gasteiger partial charge < -0.3 is 10.0 Å². The molecule has 1 aliphatic rings. The van der Waals surface area contributed by atoms with Gasteiger partial charge in [-0.25, -0.2) is 0 Å². The molecule has 1 amide bonds. The lowest BCUT2D eigenvalue weighted by Gasteiger charge is -2.38. The Hall–Kier alpha value is -0.710. The van der Waals surface area contributed by atoms with Crippen LogP contribution >= 0.6 is 11.8 Å². The van der Waals surface area contributed by atoms with Crippen molar-refractivity contribution in [3.63, 3.8) is 0 Å². The average Bonchev–Trinajstić information content (AvgIpc) is 2.28. The number of carboxylic acid groups (broad SMARTS) is 1. The van der Waals surface area contributed by atoms with Crippen LogP contribution < -0.4 is 0 Å². The first kappa shape index (κ1) is 14.4. The predicted molar refractivity (Wildman–Crippen MR) is 69.1 cm³/mol. The third kappa shape index (κ3) is 3.37. The van der Waals surface area contributed by atoms with Crippen LogP contribution in [-0.2, 0) is 9.59 Å². The zero-order chi connectivity index (χ0) is 13.0. The Morgan fingerprint density at radius 3 is 2.71 bits per heavy atom. The molecule has 1 aliphatic heterocycles. The standard InChI is InChI=1S/C12H21NO3S/c1-8(7-17-3)11(14)13-6-4-5-10(9(13)2)12(15)16/h8-10H,4-7H2,1-3H3,(H,15,16)/t8?,9-,10-/m0/s1. The van der Waals surface area contributed by atoms with E-state index in [-0.39, 0.29) is 17.9 Å². The third-order valence-electron chi connectivity index (χ3n) is 3.43. The van der Waals surface area contributed by atoms with Crippen LogP contribution in [0.15, 0.2) is 0 Å². The lowest BCUT2D eigenvalue weighted by Crippen LogP contribution is -2.51. The molecule has 0 saturated carbocycles. The van der Waals surface area contributed by atoms with Crippen molar-refractivity contribution in [2.24, 2.45) is 11.8 Å². The molecule has 0 aromatic carbocycles. The Bertz CT molecular complexity index is 295. The highest BCUT2D eigenvalue weighted by Gasteiger charge is 2.36. The first-order chi connectivity index (χ1) is 7.99. The van der Waals surface area contributed by atoms with Gasteiger partial charge >= 0.3 is 5.97 Å². The van der Waals surface area contributed by atoms with E-state index in [0.717, 1.165) is 12.2 Å². The normalized spacial score (nSPS) is 26.6. The number of carbonyl (C=O) groups is 2. The summed E-state index contributed by atoms with van der Waals surface area (Å²) in [5.74, 6) is -0.334. The molecule has 0 aromatic heterocycles. The minimum atomic E-state index is -0.785. The van der Waals surface area contributed by atoms with Gasteiger partial charge in [0.25, 0.3) is 0 Å². The fourth-order valence-corrected chi connectivity index (χ4v) is 3.03. The molecule has 0 aromatic rings. The summed E-state index contributed by atoms with van der Waals surface area (Å²) >= 11 is 1.65. The molecule has 1 rings (SSSR count). The first-order valence-electron chi connectivity index (χ1n) is 6.01. The molecular formula is C12H21NO3S. The molecule has 1 saturated heterocycles. The monoisotopic (exact) mass is 259 g/mol. The van der Waals surface area contributed by atoms with Crippen LogP contribution in [0, 0.1) is 11.8 Å². The molecular weight excluding hydrogens is 238 g/mol. The van der Waals surface area contributed by atoms with Crippen molar-refractivity contribution in [2.45, 2.75) is 32.7 Å². The van der Waals surface area contributed by atoms with Gasteiger partial charge in [0.1, 0.15) is 0 Å². The number of nitrogens with zero attached hydrogens (tertiary/aromatic N) is 1. The zero-order valence-electron chi connectivity index (χ0n) is 10.7. The summed E-state index contributed by atoms with van der Waals surface area (Å²) in [5, 5.41) is 9.11. The molecule has 0 aliphatic carbocycles. The van der Waals surface area contributed by atoms with E-state index < -0.39 is 11.9 Å². The molecule has 1 N–H and O–H groups in total. The molecule has 98 valence electrons. The number of hydrogen-bond acceptors (Lipinski definition) is 3. The smallest absolute Gasteiger partial charge is 0.308 e. The SMILES string of the molecule is CSCC(C)C(=O)N1CCC[C@H](C(=O)O)[C@@H]1C. The Labute approximate surface area is 107 Å². The van der Waals surface area contributed by atoms with Crippen LogP contribution in [0.2, 0.25) is 0 Å². The molecule has 1 fully saturated rings. The Morgan fingerprint density at radius 2 is 2.18 bits per heavy atom. The maximum atomic E-state index is 12.2.